The van der Waals surface area contributed by atoms with E-state index in [9.17, 15) is 9.59 Å². The van der Waals surface area contributed by atoms with Gasteiger partial charge in [0.1, 0.15) is 18.1 Å². The van der Waals surface area contributed by atoms with Crippen molar-refractivity contribution >= 4 is 23.4 Å². The minimum atomic E-state index is -1.03. The molecule has 226 valence electrons. The number of benzene rings is 2. The molecule has 2 aromatic carbocycles. The summed E-state index contributed by atoms with van der Waals surface area (Å²) >= 11 is 6.52. The maximum Gasteiger partial charge on any atom is 0.250 e. The first kappa shape index (κ1) is 30.1. The predicted octanol–water partition coefficient (Wildman–Crippen LogP) is 5.13. The van der Waals surface area contributed by atoms with Gasteiger partial charge in [0.2, 0.25) is 11.7 Å². The monoisotopic (exact) mass is 606 g/mol. The number of nitrogens with zero attached hydrogens (tertiary/aromatic N) is 5. The molecule has 5 rings (SSSR count). The van der Waals surface area contributed by atoms with Crippen molar-refractivity contribution in [1.82, 2.24) is 30.4 Å². The Balaban J connectivity index is 1.45. The molecule has 1 atom stereocenters. The number of hydrogen-bond donors (Lipinski definition) is 1. The lowest BCUT2D eigenvalue weighted by Gasteiger charge is -2.32. The summed E-state index contributed by atoms with van der Waals surface area (Å²) in [5.41, 5.74) is 1.33. The van der Waals surface area contributed by atoms with Gasteiger partial charge in [0.05, 0.1) is 14.2 Å². The second-order valence-corrected chi connectivity index (χ2v) is 10.9. The van der Waals surface area contributed by atoms with Crippen LogP contribution in [0, 0.1) is 6.92 Å². The van der Waals surface area contributed by atoms with Gasteiger partial charge in [-0.05, 0) is 66.9 Å². The van der Waals surface area contributed by atoms with Crippen molar-refractivity contribution in [3.63, 3.8) is 0 Å². The molecule has 2 aromatic heterocycles. The number of nitrogens with one attached hydrogen (secondary N) is 1. The number of halogens is 1. The topological polar surface area (TPSA) is 125 Å². The molecule has 1 fully saturated rings. The molecule has 4 aromatic rings. The van der Waals surface area contributed by atoms with Crippen molar-refractivity contribution in [2.75, 3.05) is 14.2 Å². The van der Waals surface area contributed by atoms with Crippen LogP contribution in [0.4, 0.5) is 0 Å². The van der Waals surface area contributed by atoms with Gasteiger partial charge in [-0.15, -0.1) is 10.2 Å². The molecule has 1 N–H and O–H groups in total. The Hall–Kier alpha value is -4.38. The Morgan fingerprint density at radius 1 is 1.07 bits per heavy atom. The molecule has 0 aliphatic heterocycles. The number of carbonyl (C=O) groups is 2. The fraction of sp³-hybridized carbons (Fsp3) is 0.387. The summed E-state index contributed by atoms with van der Waals surface area (Å²) in [4.78, 5) is 30.7. The van der Waals surface area contributed by atoms with Gasteiger partial charge in [0, 0.05) is 23.2 Å². The molecule has 1 aliphatic carbocycles. The lowest BCUT2D eigenvalue weighted by atomic mass is 9.95. The van der Waals surface area contributed by atoms with Crippen LogP contribution in [0.15, 0.2) is 59.0 Å². The van der Waals surface area contributed by atoms with Gasteiger partial charge in [-0.3, -0.25) is 9.59 Å². The van der Waals surface area contributed by atoms with Gasteiger partial charge in [-0.25, -0.2) is 0 Å². The number of carbonyl (C=O) groups excluding carboxylic acids is 2. The van der Waals surface area contributed by atoms with Crippen LogP contribution in [0.2, 0.25) is 5.02 Å². The number of aryl methyl sites for hydroxylation is 1. The lowest BCUT2D eigenvalue weighted by molar-refractivity contribution is -0.143. The minimum absolute atomic E-state index is 0.0399. The van der Waals surface area contributed by atoms with E-state index in [1.54, 1.807) is 57.5 Å². The molecule has 0 radical (unpaired) electrons. The first-order chi connectivity index (χ1) is 20.9. The van der Waals surface area contributed by atoms with Crippen LogP contribution in [0.5, 0.6) is 11.5 Å². The van der Waals surface area contributed by atoms with E-state index in [1.165, 1.54) is 9.70 Å². The van der Waals surface area contributed by atoms with Crippen LogP contribution in [0.3, 0.4) is 0 Å². The zero-order valence-corrected chi connectivity index (χ0v) is 25.2. The highest BCUT2D eigenvalue weighted by atomic mass is 35.5. The second-order valence-electron chi connectivity index (χ2n) is 10.5. The van der Waals surface area contributed by atoms with Crippen molar-refractivity contribution in [3.05, 3.63) is 76.7 Å². The van der Waals surface area contributed by atoms with Crippen molar-refractivity contribution in [2.45, 2.75) is 64.2 Å². The third kappa shape index (κ3) is 7.16. The molecule has 0 spiro atoms. The summed E-state index contributed by atoms with van der Waals surface area (Å²) in [5.74, 6) is 1.67. The number of furan rings is 1. The van der Waals surface area contributed by atoms with E-state index in [-0.39, 0.29) is 25.0 Å². The van der Waals surface area contributed by atoms with E-state index >= 15 is 0 Å². The molecule has 1 saturated carbocycles. The summed E-state index contributed by atoms with van der Waals surface area (Å²) in [6, 6.07) is 15.0. The SMILES string of the molecule is COc1ccc(-c2nnn(CC(=O)N(Cc3ccccc3Cl)[C@@H](C(=O)NC3CCCCC3)c3ccc(C)o3)n2)cc1OC. The van der Waals surface area contributed by atoms with Crippen LogP contribution in [-0.4, -0.2) is 57.2 Å². The molecule has 0 unspecified atom stereocenters. The number of amides is 2. The first-order valence-corrected chi connectivity index (χ1v) is 14.6. The van der Waals surface area contributed by atoms with E-state index in [2.05, 4.69) is 20.7 Å². The lowest BCUT2D eigenvalue weighted by Crippen LogP contribution is -2.47. The minimum Gasteiger partial charge on any atom is -0.493 e. The Labute approximate surface area is 255 Å². The van der Waals surface area contributed by atoms with Gasteiger partial charge in [-0.1, -0.05) is 49.1 Å². The van der Waals surface area contributed by atoms with Gasteiger partial charge < -0.3 is 24.1 Å². The molecule has 1 aliphatic rings. The van der Waals surface area contributed by atoms with E-state index in [1.807, 2.05) is 18.2 Å². The normalized spacial score (nSPS) is 14.2. The molecule has 2 heterocycles. The van der Waals surface area contributed by atoms with Crippen LogP contribution < -0.4 is 14.8 Å². The van der Waals surface area contributed by atoms with E-state index in [0.717, 1.165) is 32.1 Å². The third-order valence-electron chi connectivity index (χ3n) is 7.53. The van der Waals surface area contributed by atoms with E-state index < -0.39 is 11.9 Å². The van der Waals surface area contributed by atoms with Crippen molar-refractivity contribution in [1.29, 1.82) is 0 Å². The summed E-state index contributed by atoms with van der Waals surface area (Å²) in [6.07, 6.45) is 5.06. The average molecular weight is 607 g/mol. The Morgan fingerprint density at radius 3 is 2.53 bits per heavy atom. The molecular weight excluding hydrogens is 572 g/mol. The Bertz CT molecular complexity index is 1560. The van der Waals surface area contributed by atoms with Gasteiger partial charge in [-0.2, -0.15) is 4.80 Å². The highest BCUT2D eigenvalue weighted by Gasteiger charge is 2.36. The number of rotatable bonds is 11. The Morgan fingerprint density at radius 2 is 1.84 bits per heavy atom. The van der Waals surface area contributed by atoms with Crippen LogP contribution in [0.25, 0.3) is 11.4 Å². The third-order valence-corrected chi connectivity index (χ3v) is 7.90. The molecule has 43 heavy (non-hydrogen) atoms. The average Bonchev–Trinajstić information content (AvgIpc) is 3.66. The number of aromatic nitrogens is 4. The standard InChI is InChI=1S/C31H35ClN6O5/c1-20-13-15-26(43-20)29(31(40)33-23-10-5-4-6-11-23)37(18-22-9-7-8-12-24(22)32)28(39)19-38-35-30(34-36-38)21-14-16-25(41-2)27(17-21)42-3/h7-9,12-17,23,29H,4-6,10-11,18-19H2,1-3H3,(H,33,40)/t29-/m1/s1. The summed E-state index contributed by atoms with van der Waals surface area (Å²) in [5, 5.41) is 16.4. The molecule has 0 bridgehead atoms. The number of tetrazole rings is 1. The summed E-state index contributed by atoms with van der Waals surface area (Å²) in [7, 11) is 3.10. The number of methoxy groups -OCH3 is 2. The Kier molecular flexibility index (Phi) is 9.61. The highest BCUT2D eigenvalue weighted by Crippen LogP contribution is 2.31. The largest absolute Gasteiger partial charge is 0.493 e. The van der Waals surface area contributed by atoms with Crippen LogP contribution in [-0.2, 0) is 22.7 Å². The van der Waals surface area contributed by atoms with Crippen molar-refractivity contribution in [2.24, 2.45) is 0 Å². The maximum absolute atomic E-state index is 14.1. The smallest absolute Gasteiger partial charge is 0.250 e. The van der Waals surface area contributed by atoms with E-state index in [0.29, 0.717) is 45.0 Å². The van der Waals surface area contributed by atoms with Gasteiger partial charge >= 0.3 is 0 Å². The summed E-state index contributed by atoms with van der Waals surface area (Å²) in [6.45, 7) is 1.60. The predicted molar refractivity (Wildman–Crippen MR) is 160 cm³/mol. The molecule has 0 saturated heterocycles. The number of ether oxygens (including phenoxy) is 2. The molecule has 12 heteroatoms. The molecular formula is C31H35ClN6O5. The molecule has 11 nitrogen and oxygen atoms in total. The van der Waals surface area contributed by atoms with Crippen molar-refractivity contribution in [3.8, 4) is 22.9 Å². The van der Waals surface area contributed by atoms with Crippen LogP contribution >= 0.6 is 11.6 Å². The zero-order valence-electron chi connectivity index (χ0n) is 24.5. The second kappa shape index (κ2) is 13.7. The maximum atomic E-state index is 14.1. The summed E-state index contributed by atoms with van der Waals surface area (Å²) < 4.78 is 16.6. The fourth-order valence-corrected chi connectivity index (χ4v) is 5.49. The number of hydrogen-bond acceptors (Lipinski definition) is 8. The van der Waals surface area contributed by atoms with Gasteiger partial charge in [0.15, 0.2) is 17.5 Å². The van der Waals surface area contributed by atoms with Gasteiger partial charge in [0.25, 0.3) is 5.91 Å². The first-order valence-electron chi connectivity index (χ1n) is 14.3. The molecule has 2 amide bonds. The van der Waals surface area contributed by atoms with Crippen molar-refractivity contribution < 1.29 is 23.5 Å². The zero-order chi connectivity index (χ0) is 30.3. The van der Waals surface area contributed by atoms with Crippen LogP contribution in [0.1, 0.15) is 55.2 Å². The van der Waals surface area contributed by atoms with E-state index in [4.69, 9.17) is 25.5 Å². The fourth-order valence-electron chi connectivity index (χ4n) is 5.30. The quantitative estimate of drug-likeness (QED) is 0.249. The highest BCUT2D eigenvalue weighted by molar-refractivity contribution is 6.31.